The summed E-state index contributed by atoms with van der Waals surface area (Å²) < 4.78 is 42.3. The number of likely N-dealkylation sites (N-methyl/N-ethyl adjacent to an activating group) is 4. The zero-order valence-corrected chi connectivity index (χ0v) is 17.7. The van der Waals surface area contributed by atoms with Gasteiger partial charge < -0.3 is 28.7 Å². The maximum atomic E-state index is 8.52. The van der Waals surface area contributed by atoms with Gasteiger partial charge in [-0.05, 0) is 56.4 Å². The van der Waals surface area contributed by atoms with E-state index in [1.807, 2.05) is 0 Å². The Hall–Kier alpha value is 0.0944. The van der Waals surface area contributed by atoms with E-state index in [0.29, 0.717) is 0 Å². The van der Waals surface area contributed by atoms with E-state index in [0.717, 1.165) is 43.5 Å². The van der Waals surface area contributed by atoms with Crippen molar-refractivity contribution in [2.45, 2.75) is 0 Å². The van der Waals surface area contributed by atoms with Crippen LogP contribution in [0.3, 0.4) is 0 Å². The molecule has 0 aliphatic rings. The monoisotopic (exact) mass is 395 g/mol. The van der Waals surface area contributed by atoms with Crippen molar-refractivity contribution in [1.29, 1.82) is 0 Å². The third-order valence-electron chi connectivity index (χ3n) is 1.99. The quantitative estimate of drug-likeness (QED) is 0.403. The first-order valence-corrected chi connectivity index (χ1v) is 8.60. The summed E-state index contributed by atoms with van der Waals surface area (Å²) in [5, 5.41) is 0. The molecular formula is C12H32N4O5SV. The van der Waals surface area contributed by atoms with Gasteiger partial charge in [-0.25, -0.2) is 0 Å². The van der Waals surface area contributed by atoms with Gasteiger partial charge in [-0.15, -0.1) is 0 Å². The molecule has 0 radical (unpaired) electrons. The number of nitrogens with zero attached hydrogens (tertiary/aromatic N) is 4. The Bertz CT molecular complexity index is 287. The fraction of sp³-hybridized carbons (Fsp3) is 1.00. The SMILES string of the molecule is CN(C)CCN(C)C.CN(C)CCN(C)C.O=S(=O)([O-])[O-].[O]=[V+2]. The number of rotatable bonds is 6. The van der Waals surface area contributed by atoms with Crippen molar-refractivity contribution in [3.63, 3.8) is 0 Å². The van der Waals surface area contributed by atoms with Gasteiger partial charge in [0.15, 0.2) is 0 Å². The molecule has 0 aliphatic heterocycles. The first-order valence-electron chi connectivity index (χ1n) is 6.69. The molecule has 0 spiro atoms. The molecule has 0 saturated heterocycles. The van der Waals surface area contributed by atoms with E-state index in [1.54, 1.807) is 0 Å². The van der Waals surface area contributed by atoms with Crippen LogP contribution < -0.4 is 0 Å². The molecule has 23 heavy (non-hydrogen) atoms. The van der Waals surface area contributed by atoms with Crippen molar-refractivity contribution in [3.8, 4) is 0 Å². The molecule has 0 aromatic carbocycles. The second kappa shape index (κ2) is 20.1. The maximum absolute atomic E-state index is 8.52. The molecule has 0 amide bonds. The molecule has 0 aliphatic carbocycles. The molecule has 0 heterocycles. The van der Waals surface area contributed by atoms with Crippen LogP contribution in [0.5, 0.6) is 0 Å². The molecular weight excluding hydrogens is 363 g/mol. The predicted octanol–water partition coefficient (Wildman–Crippen LogP) is -1.24. The van der Waals surface area contributed by atoms with Gasteiger partial charge in [-0.2, -0.15) is 0 Å². The zero-order chi connectivity index (χ0) is 19.6. The summed E-state index contributed by atoms with van der Waals surface area (Å²) in [5.74, 6) is 0. The summed E-state index contributed by atoms with van der Waals surface area (Å²) in [5.41, 5.74) is 0. The molecule has 141 valence electrons. The van der Waals surface area contributed by atoms with Gasteiger partial charge >= 0.3 is 21.0 Å². The number of hydrogen-bond acceptors (Lipinski definition) is 9. The van der Waals surface area contributed by atoms with Crippen molar-refractivity contribution in [2.24, 2.45) is 0 Å². The third-order valence-corrected chi connectivity index (χ3v) is 1.99. The molecule has 11 heteroatoms. The fourth-order valence-corrected chi connectivity index (χ4v) is 0.800. The van der Waals surface area contributed by atoms with Gasteiger partial charge in [-0.3, -0.25) is 8.42 Å². The third kappa shape index (κ3) is 87.6. The van der Waals surface area contributed by atoms with Crippen LogP contribution in [0.25, 0.3) is 0 Å². The van der Waals surface area contributed by atoms with Gasteiger partial charge in [0, 0.05) is 36.6 Å². The normalized spacial score (nSPS) is 10.6. The molecule has 0 N–H and O–H groups in total. The van der Waals surface area contributed by atoms with E-state index in [-0.39, 0.29) is 0 Å². The van der Waals surface area contributed by atoms with E-state index < -0.39 is 10.4 Å². The molecule has 0 unspecified atom stereocenters. The van der Waals surface area contributed by atoms with Crippen LogP contribution in [0.2, 0.25) is 0 Å². The van der Waals surface area contributed by atoms with Crippen LogP contribution >= 0.6 is 0 Å². The standard InChI is InChI=1S/2C6H16N2.H2O4S.O.V/c2*1-7(2)5-6-8(3)4;1-5(2,3)4;;/h2*5-6H2,1-4H3;(H2,1,2,3,4);;/q;;;;+2/p-2. The van der Waals surface area contributed by atoms with Crippen molar-refractivity contribution in [1.82, 2.24) is 19.6 Å². The Morgan fingerprint density at radius 1 is 0.609 bits per heavy atom. The van der Waals surface area contributed by atoms with E-state index in [9.17, 15) is 0 Å². The average molecular weight is 395 g/mol. The second-order valence-electron chi connectivity index (χ2n) is 5.62. The predicted molar refractivity (Wildman–Crippen MR) is 85.4 cm³/mol. The molecule has 9 nitrogen and oxygen atoms in total. The van der Waals surface area contributed by atoms with Crippen LogP contribution in [0, 0.1) is 0 Å². The van der Waals surface area contributed by atoms with Gasteiger partial charge in [0.2, 0.25) is 0 Å². The van der Waals surface area contributed by atoms with E-state index in [2.05, 4.69) is 76.0 Å². The molecule has 0 saturated carbocycles. The zero-order valence-electron chi connectivity index (χ0n) is 15.5. The summed E-state index contributed by atoms with van der Waals surface area (Å²) in [7, 11) is 11.5. The van der Waals surface area contributed by atoms with Gasteiger partial charge in [0.05, 0.1) is 0 Å². The van der Waals surface area contributed by atoms with Gasteiger partial charge in [0.25, 0.3) is 0 Å². The van der Waals surface area contributed by atoms with Crippen molar-refractivity contribution >= 4 is 10.4 Å². The topological polar surface area (TPSA) is 110 Å². The summed E-state index contributed by atoms with van der Waals surface area (Å²) in [6.07, 6.45) is 0. The Kier molecular flexibility index (Phi) is 27.1. The van der Waals surface area contributed by atoms with Crippen LogP contribution in [0.4, 0.5) is 0 Å². The van der Waals surface area contributed by atoms with E-state index in [4.69, 9.17) is 21.2 Å². The summed E-state index contributed by atoms with van der Waals surface area (Å²) in [6.45, 7) is 4.58. The fourth-order valence-electron chi connectivity index (χ4n) is 0.800. The number of hydrogen-bond donors (Lipinski definition) is 0. The van der Waals surface area contributed by atoms with Crippen molar-refractivity contribution < 1.29 is 38.6 Å². The molecule has 0 atom stereocenters. The van der Waals surface area contributed by atoms with E-state index >= 15 is 0 Å². The minimum atomic E-state index is -5.17. The Balaban J connectivity index is -0.000000114. The Morgan fingerprint density at radius 2 is 0.696 bits per heavy atom. The molecule has 0 rings (SSSR count). The van der Waals surface area contributed by atoms with Crippen LogP contribution in [0.15, 0.2) is 0 Å². The van der Waals surface area contributed by atoms with Crippen LogP contribution in [0.1, 0.15) is 0 Å². The second-order valence-corrected chi connectivity index (χ2v) is 6.44. The summed E-state index contributed by atoms with van der Waals surface area (Å²) in [6, 6.07) is 0. The average Bonchev–Trinajstić information content (AvgIpc) is 2.35. The molecule has 0 aromatic heterocycles. The van der Waals surface area contributed by atoms with Crippen LogP contribution in [-0.2, 0) is 31.4 Å². The summed E-state index contributed by atoms with van der Waals surface area (Å²) in [4.78, 5) is 8.72. The molecule has 0 bridgehead atoms. The van der Waals surface area contributed by atoms with E-state index in [1.165, 1.54) is 0 Å². The molecule has 0 fully saturated rings. The van der Waals surface area contributed by atoms with Crippen LogP contribution in [-0.4, -0.2) is 120 Å². The van der Waals surface area contributed by atoms with Gasteiger partial charge in [0.1, 0.15) is 0 Å². The first kappa shape index (κ1) is 30.9. The summed E-state index contributed by atoms with van der Waals surface area (Å²) >= 11 is 1.06. The Morgan fingerprint density at radius 3 is 0.739 bits per heavy atom. The Labute approximate surface area is 151 Å². The van der Waals surface area contributed by atoms with Gasteiger partial charge in [-0.1, -0.05) is 0 Å². The van der Waals surface area contributed by atoms with Crippen molar-refractivity contribution in [2.75, 3.05) is 82.6 Å². The first-order chi connectivity index (χ1) is 10.3. The van der Waals surface area contributed by atoms with Crippen molar-refractivity contribution in [3.05, 3.63) is 0 Å². The molecule has 0 aromatic rings. The minimum absolute atomic E-state index is 1.06.